The van der Waals surface area contributed by atoms with E-state index in [1.54, 1.807) is 31.3 Å². The molecule has 0 N–H and O–H groups in total. The van der Waals surface area contributed by atoms with E-state index in [2.05, 4.69) is 4.98 Å². The minimum atomic E-state index is -5.45. The number of rotatable bonds is 2. The van der Waals surface area contributed by atoms with E-state index < -0.39 is 25.8 Å². The molecule has 1 aliphatic heterocycles. The van der Waals surface area contributed by atoms with Crippen molar-refractivity contribution in [3.63, 3.8) is 0 Å². The lowest BCUT2D eigenvalue weighted by Gasteiger charge is -2.32. The number of aromatic nitrogens is 1. The van der Waals surface area contributed by atoms with Crippen molar-refractivity contribution in [1.82, 2.24) is 4.98 Å². The highest BCUT2D eigenvalue weighted by atomic mass is 32.2. The third-order valence-corrected chi connectivity index (χ3v) is 5.50. The Hall–Kier alpha value is -2.35. The van der Waals surface area contributed by atoms with Gasteiger partial charge in [-0.1, -0.05) is 6.07 Å². The van der Waals surface area contributed by atoms with Gasteiger partial charge in [0.1, 0.15) is 11.4 Å². The fourth-order valence-electron chi connectivity index (χ4n) is 2.84. The molecular formula is C18H16F3NO3S. The first-order valence-electron chi connectivity index (χ1n) is 7.72. The van der Waals surface area contributed by atoms with Gasteiger partial charge in [0, 0.05) is 23.0 Å². The van der Waals surface area contributed by atoms with E-state index in [1.807, 2.05) is 13.8 Å². The lowest BCUT2D eigenvalue weighted by atomic mass is 9.89. The maximum Gasteiger partial charge on any atom is 0.501 e. The second-order valence-corrected chi connectivity index (χ2v) is 8.45. The third-order valence-electron chi connectivity index (χ3n) is 4.02. The fraction of sp³-hybridized carbons (Fsp3) is 0.278. The Kier molecular flexibility index (Phi) is 4.14. The Morgan fingerprint density at radius 3 is 2.42 bits per heavy atom. The number of fused-ring (bicyclic) bond motifs is 1. The Labute approximate surface area is 149 Å². The van der Waals surface area contributed by atoms with Crippen LogP contribution >= 0.6 is 0 Å². The van der Waals surface area contributed by atoms with Crippen LogP contribution < -0.4 is 4.74 Å². The van der Waals surface area contributed by atoms with Crippen LogP contribution in [0.4, 0.5) is 13.2 Å². The molecule has 0 spiro atoms. The van der Waals surface area contributed by atoms with Crippen LogP contribution in [0.15, 0.2) is 47.5 Å². The summed E-state index contributed by atoms with van der Waals surface area (Å²) in [6.45, 7) is 5.39. The van der Waals surface area contributed by atoms with E-state index in [4.69, 9.17) is 4.74 Å². The maximum absolute atomic E-state index is 12.9. The fourth-order valence-corrected chi connectivity index (χ4v) is 3.63. The zero-order valence-electron chi connectivity index (χ0n) is 14.3. The van der Waals surface area contributed by atoms with Crippen LogP contribution in [0.2, 0.25) is 0 Å². The molecule has 1 aliphatic rings. The molecule has 0 amide bonds. The molecule has 26 heavy (non-hydrogen) atoms. The summed E-state index contributed by atoms with van der Waals surface area (Å²) >= 11 is 0. The topological polar surface area (TPSA) is 56.3 Å². The van der Waals surface area contributed by atoms with Gasteiger partial charge in [-0.25, -0.2) is 8.42 Å². The molecule has 2 heterocycles. The lowest BCUT2D eigenvalue weighted by molar-refractivity contribution is -0.0436. The van der Waals surface area contributed by atoms with Gasteiger partial charge in [-0.3, -0.25) is 4.98 Å². The largest absolute Gasteiger partial charge is 0.501 e. The first-order valence-corrected chi connectivity index (χ1v) is 9.20. The zero-order valence-corrected chi connectivity index (χ0v) is 15.1. The average Bonchev–Trinajstić information content (AvgIpc) is 2.52. The summed E-state index contributed by atoms with van der Waals surface area (Å²) in [4.78, 5) is 3.39. The van der Waals surface area contributed by atoms with Crippen LogP contribution in [-0.2, 0) is 9.84 Å². The number of sulfone groups is 1. The number of hydrogen-bond acceptors (Lipinski definition) is 4. The van der Waals surface area contributed by atoms with Gasteiger partial charge in [0.25, 0.3) is 9.84 Å². The van der Waals surface area contributed by atoms with Crippen molar-refractivity contribution < 1.29 is 26.3 Å². The lowest BCUT2D eigenvalue weighted by Crippen LogP contribution is -2.30. The highest BCUT2D eigenvalue weighted by Crippen LogP contribution is 2.42. The SMILES string of the molecule is Cc1ncccc1C1=CC(C)(C)Oc2ccc(S(=O)(=O)C(F)(F)F)cc21. The predicted octanol–water partition coefficient (Wildman–Crippen LogP) is 4.29. The maximum atomic E-state index is 12.9. The van der Waals surface area contributed by atoms with Crippen LogP contribution in [0.3, 0.4) is 0 Å². The molecule has 8 heteroatoms. The summed E-state index contributed by atoms with van der Waals surface area (Å²) in [5.74, 6) is 0.317. The molecule has 4 nitrogen and oxygen atoms in total. The Morgan fingerprint density at radius 2 is 1.81 bits per heavy atom. The summed E-state index contributed by atoms with van der Waals surface area (Å²) in [6.07, 6.45) is 3.36. The zero-order chi connectivity index (χ0) is 19.3. The molecule has 0 unspecified atom stereocenters. The standard InChI is InChI=1S/C18H16F3NO3S/c1-11-13(5-4-8-22-11)15-10-17(2,3)25-16-7-6-12(9-14(15)16)26(23,24)18(19,20)21/h4-10H,1-3H3. The smallest absolute Gasteiger partial charge is 0.483 e. The molecule has 0 saturated heterocycles. The number of nitrogens with zero attached hydrogens (tertiary/aromatic N) is 1. The molecule has 2 aromatic rings. The van der Waals surface area contributed by atoms with Gasteiger partial charge in [0.05, 0.1) is 4.90 Å². The summed E-state index contributed by atoms with van der Waals surface area (Å²) < 4.78 is 68.1. The van der Waals surface area contributed by atoms with Crippen molar-refractivity contribution in [3.05, 3.63) is 59.4 Å². The van der Waals surface area contributed by atoms with Crippen molar-refractivity contribution in [1.29, 1.82) is 0 Å². The number of ether oxygens (including phenoxy) is 1. The first kappa shape index (κ1) is 18.4. The summed E-state index contributed by atoms with van der Waals surface area (Å²) in [6, 6.07) is 6.67. The monoisotopic (exact) mass is 383 g/mol. The van der Waals surface area contributed by atoms with Gasteiger partial charge in [0.2, 0.25) is 0 Å². The van der Waals surface area contributed by atoms with Crippen molar-refractivity contribution in [2.75, 3.05) is 0 Å². The van der Waals surface area contributed by atoms with Gasteiger partial charge in [-0.2, -0.15) is 13.2 Å². The predicted molar refractivity (Wildman–Crippen MR) is 90.4 cm³/mol. The number of hydrogen-bond donors (Lipinski definition) is 0. The molecule has 1 aromatic heterocycles. The minimum absolute atomic E-state index is 0.283. The summed E-state index contributed by atoms with van der Waals surface area (Å²) in [5.41, 5.74) is -3.84. The van der Waals surface area contributed by atoms with E-state index in [9.17, 15) is 21.6 Å². The Bertz CT molecular complexity index is 1010. The van der Waals surface area contributed by atoms with Gasteiger partial charge < -0.3 is 4.74 Å². The minimum Gasteiger partial charge on any atom is -0.483 e. The number of pyridine rings is 1. The second kappa shape index (κ2) is 5.84. The quantitative estimate of drug-likeness (QED) is 0.777. The summed E-state index contributed by atoms with van der Waals surface area (Å²) in [5, 5.41) is 0. The molecule has 0 bridgehead atoms. The van der Waals surface area contributed by atoms with E-state index in [1.165, 1.54) is 6.07 Å². The van der Waals surface area contributed by atoms with Crippen molar-refractivity contribution >= 4 is 15.4 Å². The Balaban J connectivity index is 2.25. The van der Waals surface area contributed by atoms with Crippen LogP contribution in [-0.4, -0.2) is 24.5 Å². The Morgan fingerprint density at radius 1 is 1.12 bits per heavy atom. The molecule has 0 radical (unpaired) electrons. The van der Waals surface area contributed by atoms with Gasteiger partial charge in [-0.05, 0) is 56.7 Å². The van der Waals surface area contributed by atoms with E-state index in [0.29, 0.717) is 22.6 Å². The highest BCUT2D eigenvalue weighted by molar-refractivity contribution is 7.92. The van der Waals surface area contributed by atoms with Crippen LogP contribution in [0.1, 0.15) is 30.7 Å². The third kappa shape index (κ3) is 3.09. The number of benzene rings is 1. The summed E-state index contributed by atoms with van der Waals surface area (Å²) in [7, 11) is -5.45. The molecule has 0 fully saturated rings. The van der Waals surface area contributed by atoms with E-state index >= 15 is 0 Å². The van der Waals surface area contributed by atoms with Crippen molar-refractivity contribution in [2.24, 2.45) is 0 Å². The van der Waals surface area contributed by atoms with Crippen LogP contribution in [0.5, 0.6) is 5.75 Å². The normalized spacial score (nSPS) is 16.5. The number of alkyl halides is 3. The van der Waals surface area contributed by atoms with Gasteiger partial charge in [-0.15, -0.1) is 0 Å². The van der Waals surface area contributed by atoms with Crippen molar-refractivity contribution in [2.45, 2.75) is 36.8 Å². The van der Waals surface area contributed by atoms with Crippen molar-refractivity contribution in [3.8, 4) is 5.75 Å². The molecule has 1 aromatic carbocycles. The first-order chi connectivity index (χ1) is 11.9. The number of aryl methyl sites for hydroxylation is 1. The molecule has 3 rings (SSSR count). The second-order valence-electron chi connectivity index (χ2n) is 6.51. The average molecular weight is 383 g/mol. The molecule has 0 aliphatic carbocycles. The van der Waals surface area contributed by atoms with Crippen LogP contribution in [0, 0.1) is 6.92 Å². The van der Waals surface area contributed by atoms with E-state index in [-0.39, 0.29) is 5.56 Å². The van der Waals surface area contributed by atoms with Gasteiger partial charge in [0.15, 0.2) is 0 Å². The highest BCUT2D eigenvalue weighted by Gasteiger charge is 2.47. The molecule has 0 saturated carbocycles. The van der Waals surface area contributed by atoms with E-state index in [0.717, 1.165) is 12.1 Å². The number of halogens is 3. The van der Waals surface area contributed by atoms with Gasteiger partial charge >= 0.3 is 5.51 Å². The molecular weight excluding hydrogens is 367 g/mol. The molecule has 138 valence electrons. The molecule has 0 atom stereocenters. The van der Waals surface area contributed by atoms with Crippen LogP contribution in [0.25, 0.3) is 5.57 Å².